The third-order valence-electron chi connectivity index (χ3n) is 3.15. The van der Waals surface area contributed by atoms with E-state index in [1.165, 1.54) is 5.56 Å². The number of furan rings is 1. The third kappa shape index (κ3) is 3.81. The van der Waals surface area contributed by atoms with E-state index in [1.807, 2.05) is 43.4 Å². The molecule has 0 aliphatic carbocycles. The van der Waals surface area contributed by atoms with Crippen LogP contribution in [0.15, 0.2) is 45.7 Å². The lowest BCUT2D eigenvalue weighted by atomic mass is 10.0. The van der Waals surface area contributed by atoms with E-state index in [-0.39, 0.29) is 0 Å². The van der Waals surface area contributed by atoms with Crippen LogP contribution in [0.5, 0.6) is 0 Å². The van der Waals surface area contributed by atoms with Crippen molar-refractivity contribution in [1.29, 1.82) is 0 Å². The first kappa shape index (κ1) is 15.0. The molecule has 0 saturated heterocycles. The average Bonchev–Trinajstić information content (AvgIpc) is 2.86. The van der Waals surface area contributed by atoms with Gasteiger partial charge in [-0.05, 0) is 42.8 Å². The van der Waals surface area contributed by atoms with E-state index in [0.717, 1.165) is 16.4 Å². The lowest BCUT2D eigenvalue weighted by molar-refractivity contribution is 0.467. The Balaban J connectivity index is 2.03. The highest BCUT2D eigenvalue weighted by Crippen LogP contribution is 2.19. The number of rotatable bonds is 6. The van der Waals surface area contributed by atoms with Crippen LogP contribution in [0.2, 0.25) is 0 Å². The Bertz CT molecular complexity index is 572. The molecule has 1 heterocycles. The second-order valence-electron chi connectivity index (χ2n) is 5.11. The predicted molar refractivity (Wildman–Crippen MR) is 82.1 cm³/mol. The monoisotopic (exact) mass is 291 g/mol. The minimum atomic E-state index is -1.06. The van der Waals surface area contributed by atoms with Gasteiger partial charge in [-0.25, -0.2) is 0 Å². The smallest absolute Gasteiger partial charge is 0.117 e. The number of benzene rings is 1. The minimum Gasteiger partial charge on any atom is -0.464 e. The van der Waals surface area contributed by atoms with Crippen molar-refractivity contribution >= 4 is 10.8 Å². The van der Waals surface area contributed by atoms with Crippen LogP contribution in [-0.4, -0.2) is 11.3 Å². The molecule has 20 heavy (non-hydrogen) atoms. The van der Waals surface area contributed by atoms with E-state index in [9.17, 15) is 4.21 Å². The average molecular weight is 291 g/mol. The van der Waals surface area contributed by atoms with Crippen molar-refractivity contribution in [2.24, 2.45) is 0 Å². The summed E-state index contributed by atoms with van der Waals surface area (Å²) in [7, 11) is 0.811. The maximum atomic E-state index is 12.3. The maximum Gasteiger partial charge on any atom is 0.117 e. The van der Waals surface area contributed by atoms with Gasteiger partial charge < -0.3 is 9.73 Å². The van der Waals surface area contributed by atoms with Crippen LogP contribution in [0.4, 0.5) is 0 Å². The summed E-state index contributed by atoms with van der Waals surface area (Å²) in [5.74, 6) is 2.55. The van der Waals surface area contributed by atoms with Gasteiger partial charge in [0, 0.05) is 4.90 Å². The standard InChI is InChI=1S/C16H21NO2S/c1-12(2)13-4-8-16(9-5-13)20(18)11-15-7-6-14(19-15)10-17-3/h4-9,12,17H,10-11H2,1-3H3. The van der Waals surface area contributed by atoms with Crippen molar-refractivity contribution < 1.29 is 8.63 Å². The van der Waals surface area contributed by atoms with Crippen molar-refractivity contribution in [2.45, 2.75) is 37.0 Å². The Labute approximate surface area is 122 Å². The highest BCUT2D eigenvalue weighted by atomic mass is 32.2. The first-order valence-electron chi connectivity index (χ1n) is 6.80. The van der Waals surface area contributed by atoms with Crippen LogP contribution in [0.1, 0.15) is 36.8 Å². The molecule has 2 rings (SSSR count). The van der Waals surface area contributed by atoms with Gasteiger partial charge in [-0.2, -0.15) is 0 Å². The van der Waals surface area contributed by atoms with Gasteiger partial charge in [-0.3, -0.25) is 4.21 Å². The molecule has 0 aliphatic heterocycles. The van der Waals surface area contributed by atoms with Crippen molar-refractivity contribution in [3.63, 3.8) is 0 Å². The molecular weight excluding hydrogens is 270 g/mol. The van der Waals surface area contributed by atoms with Crippen LogP contribution in [-0.2, 0) is 23.1 Å². The molecule has 2 aromatic rings. The Morgan fingerprint density at radius 1 is 1.10 bits per heavy atom. The summed E-state index contributed by atoms with van der Waals surface area (Å²) in [6, 6.07) is 11.8. The van der Waals surface area contributed by atoms with Gasteiger partial charge in [-0.15, -0.1) is 0 Å². The topological polar surface area (TPSA) is 42.2 Å². The van der Waals surface area contributed by atoms with Crippen molar-refractivity contribution in [1.82, 2.24) is 5.32 Å². The van der Waals surface area contributed by atoms with E-state index >= 15 is 0 Å². The zero-order valence-electron chi connectivity index (χ0n) is 12.2. The van der Waals surface area contributed by atoms with Crippen molar-refractivity contribution in [3.05, 3.63) is 53.5 Å². The van der Waals surface area contributed by atoms with Crippen LogP contribution in [0, 0.1) is 0 Å². The molecule has 0 amide bonds. The largest absolute Gasteiger partial charge is 0.464 e. The number of hydrogen-bond acceptors (Lipinski definition) is 3. The van der Waals surface area contributed by atoms with E-state index in [4.69, 9.17) is 4.42 Å². The molecule has 1 aromatic heterocycles. The zero-order chi connectivity index (χ0) is 14.5. The van der Waals surface area contributed by atoms with E-state index in [1.54, 1.807) is 0 Å². The summed E-state index contributed by atoms with van der Waals surface area (Å²) < 4.78 is 17.9. The second kappa shape index (κ2) is 6.86. The molecule has 3 nitrogen and oxygen atoms in total. The summed E-state index contributed by atoms with van der Waals surface area (Å²) >= 11 is 0. The van der Waals surface area contributed by atoms with E-state index in [0.29, 0.717) is 18.2 Å². The Hall–Kier alpha value is -1.39. The van der Waals surface area contributed by atoms with E-state index < -0.39 is 10.8 Å². The lowest BCUT2D eigenvalue weighted by Crippen LogP contribution is -2.03. The molecule has 1 N–H and O–H groups in total. The van der Waals surface area contributed by atoms with Gasteiger partial charge in [0.25, 0.3) is 0 Å². The molecule has 1 atom stereocenters. The molecule has 4 heteroatoms. The van der Waals surface area contributed by atoms with Gasteiger partial charge in [0.1, 0.15) is 11.5 Å². The zero-order valence-corrected chi connectivity index (χ0v) is 13.0. The minimum absolute atomic E-state index is 0.421. The van der Waals surface area contributed by atoms with Gasteiger partial charge >= 0.3 is 0 Å². The predicted octanol–water partition coefficient (Wildman–Crippen LogP) is 3.43. The molecule has 0 radical (unpaired) electrons. The fraction of sp³-hybridized carbons (Fsp3) is 0.375. The highest BCUT2D eigenvalue weighted by Gasteiger charge is 2.09. The molecular formula is C16H21NO2S. The molecule has 108 valence electrons. The molecule has 1 aromatic carbocycles. The molecule has 0 spiro atoms. The fourth-order valence-electron chi connectivity index (χ4n) is 1.99. The highest BCUT2D eigenvalue weighted by molar-refractivity contribution is 7.84. The summed E-state index contributed by atoms with van der Waals surface area (Å²) in [6.07, 6.45) is 0. The molecule has 0 fully saturated rings. The summed E-state index contributed by atoms with van der Waals surface area (Å²) in [6.45, 7) is 4.99. The van der Waals surface area contributed by atoms with Crippen molar-refractivity contribution in [2.75, 3.05) is 7.05 Å². The summed E-state index contributed by atoms with van der Waals surface area (Å²) in [4.78, 5) is 0.848. The number of hydrogen-bond donors (Lipinski definition) is 1. The SMILES string of the molecule is CNCc1ccc(CS(=O)c2ccc(C(C)C)cc2)o1. The van der Waals surface area contributed by atoms with Gasteiger partial charge in [0.05, 0.1) is 23.1 Å². The molecule has 0 saturated carbocycles. The van der Waals surface area contributed by atoms with E-state index in [2.05, 4.69) is 19.2 Å². The summed E-state index contributed by atoms with van der Waals surface area (Å²) in [5.41, 5.74) is 1.26. The molecule has 1 unspecified atom stereocenters. The van der Waals surface area contributed by atoms with Gasteiger partial charge in [-0.1, -0.05) is 26.0 Å². The normalized spacial score (nSPS) is 12.8. The van der Waals surface area contributed by atoms with Crippen LogP contribution in [0.3, 0.4) is 0 Å². The maximum absolute atomic E-state index is 12.3. The first-order valence-corrected chi connectivity index (χ1v) is 8.12. The van der Waals surface area contributed by atoms with Crippen LogP contribution >= 0.6 is 0 Å². The molecule has 0 bridgehead atoms. The fourth-order valence-corrected chi connectivity index (χ4v) is 3.01. The van der Waals surface area contributed by atoms with Crippen LogP contribution < -0.4 is 5.32 Å². The third-order valence-corrected chi connectivity index (χ3v) is 4.50. The Kier molecular flexibility index (Phi) is 5.15. The quantitative estimate of drug-likeness (QED) is 0.886. The summed E-state index contributed by atoms with van der Waals surface area (Å²) in [5, 5.41) is 3.03. The lowest BCUT2D eigenvalue weighted by Gasteiger charge is -2.06. The molecule has 0 aliphatic rings. The first-order chi connectivity index (χ1) is 9.60. The second-order valence-corrected chi connectivity index (χ2v) is 6.56. The van der Waals surface area contributed by atoms with Crippen molar-refractivity contribution in [3.8, 4) is 0 Å². The Morgan fingerprint density at radius 3 is 2.35 bits per heavy atom. The van der Waals surface area contributed by atoms with Crippen LogP contribution in [0.25, 0.3) is 0 Å². The Morgan fingerprint density at radius 2 is 1.75 bits per heavy atom. The number of nitrogens with one attached hydrogen (secondary N) is 1. The van der Waals surface area contributed by atoms with Gasteiger partial charge in [0.2, 0.25) is 0 Å². The van der Waals surface area contributed by atoms with Gasteiger partial charge in [0.15, 0.2) is 0 Å².